The molecule has 4 aliphatic heterocycles. The van der Waals surface area contributed by atoms with Crippen molar-refractivity contribution in [1.82, 2.24) is 24.7 Å². The Labute approximate surface area is 299 Å². The van der Waals surface area contributed by atoms with Gasteiger partial charge in [0, 0.05) is 82.1 Å². The maximum atomic E-state index is 13.5. The molecule has 2 aromatic carbocycles. The van der Waals surface area contributed by atoms with Gasteiger partial charge in [0.1, 0.15) is 23.4 Å². The van der Waals surface area contributed by atoms with E-state index in [4.69, 9.17) is 9.47 Å². The molecule has 0 bridgehead atoms. The summed E-state index contributed by atoms with van der Waals surface area (Å²) in [5, 5.41) is 3.54. The number of likely N-dealkylation sites (tertiary alicyclic amines) is 1. The van der Waals surface area contributed by atoms with Crippen LogP contribution in [0.25, 0.3) is 21.9 Å². The van der Waals surface area contributed by atoms with Gasteiger partial charge in [0.05, 0.1) is 42.5 Å². The summed E-state index contributed by atoms with van der Waals surface area (Å²) in [6.45, 7) is 2.19. The molecular weight excluding hydrogens is 666 g/mol. The third-order valence-corrected chi connectivity index (χ3v) is 10.9. The number of hydrogen-bond donors (Lipinski definition) is 1. The van der Waals surface area contributed by atoms with Gasteiger partial charge in [0.2, 0.25) is 11.8 Å². The number of carbonyl (C=O) groups is 4. The second kappa shape index (κ2) is 12.5. The van der Waals surface area contributed by atoms with Crippen molar-refractivity contribution >= 4 is 45.9 Å². The van der Waals surface area contributed by atoms with Gasteiger partial charge in [-0.05, 0) is 54.8 Å². The highest BCUT2D eigenvalue weighted by molar-refractivity contribution is 6.23. The van der Waals surface area contributed by atoms with E-state index >= 15 is 0 Å². The predicted molar refractivity (Wildman–Crippen MR) is 193 cm³/mol. The van der Waals surface area contributed by atoms with Crippen LogP contribution in [0.15, 0.2) is 53.6 Å². The first-order valence-electron chi connectivity index (χ1n) is 17.3. The third-order valence-electron chi connectivity index (χ3n) is 10.9. The van der Waals surface area contributed by atoms with E-state index in [1.54, 1.807) is 44.2 Å². The molecule has 0 radical (unpaired) electrons. The van der Waals surface area contributed by atoms with E-state index in [9.17, 15) is 24.0 Å². The first-order chi connectivity index (χ1) is 25.0. The number of imide groups is 2. The zero-order valence-electron chi connectivity index (χ0n) is 29.6. The summed E-state index contributed by atoms with van der Waals surface area (Å²) >= 11 is 0. The van der Waals surface area contributed by atoms with Crippen molar-refractivity contribution in [1.29, 1.82) is 0 Å². The van der Waals surface area contributed by atoms with E-state index in [0.717, 1.165) is 58.0 Å². The zero-order valence-corrected chi connectivity index (χ0v) is 29.6. The van der Waals surface area contributed by atoms with Crippen molar-refractivity contribution < 1.29 is 28.7 Å². The summed E-state index contributed by atoms with van der Waals surface area (Å²) in [4.78, 5) is 76.1. The molecule has 1 N–H and O–H groups in total. The topological polar surface area (TPSA) is 147 Å². The van der Waals surface area contributed by atoms with Crippen molar-refractivity contribution in [2.75, 3.05) is 51.2 Å². The van der Waals surface area contributed by atoms with Gasteiger partial charge in [-0.2, -0.15) is 0 Å². The number of ether oxygens (including phenoxy) is 2. The molecule has 3 unspecified atom stereocenters. The van der Waals surface area contributed by atoms with Crippen LogP contribution in [-0.2, 0) is 23.2 Å². The minimum Gasteiger partial charge on any atom is -0.496 e. The van der Waals surface area contributed by atoms with Crippen molar-refractivity contribution in [3.05, 3.63) is 75.8 Å². The largest absolute Gasteiger partial charge is 0.496 e. The van der Waals surface area contributed by atoms with Crippen LogP contribution in [0.2, 0.25) is 0 Å². The van der Waals surface area contributed by atoms with Gasteiger partial charge in [0.15, 0.2) is 0 Å². The fourth-order valence-electron chi connectivity index (χ4n) is 8.16. The molecule has 4 amide bonds. The lowest BCUT2D eigenvalue weighted by Crippen LogP contribution is -2.59. The summed E-state index contributed by atoms with van der Waals surface area (Å²) in [5.74, 6) is 0.380. The maximum Gasteiger partial charge on any atom is 0.262 e. The molecule has 3 fully saturated rings. The Morgan fingerprint density at radius 1 is 0.904 bits per heavy atom. The third kappa shape index (κ3) is 5.19. The molecule has 268 valence electrons. The Morgan fingerprint density at radius 2 is 1.63 bits per heavy atom. The lowest BCUT2D eigenvalue weighted by Gasteiger charge is -2.49. The number of nitrogens with one attached hydrogen (secondary N) is 1. The molecule has 4 aromatic rings. The Bertz CT molecular complexity index is 2240. The fourth-order valence-corrected chi connectivity index (χ4v) is 8.16. The Morgan fingerprint density at radius 3 is 2.33 bits per heavy atom. The lowest BCUT2D eigenvalue weighted by atomic mass is 9.93. The van der Waals surface area contributed by atoms with Crippen LogP contribution in [-0.4, -0.2) is 96.6 Å². The van der Waals surface area contributed by atoms with Crippen molar-refractivity contribution in [2.24, 2.45) is 13.0 Å². The van der Waals surface area contributed by atoms with E-state index in [-0.39, 0.29) is 35.7 Å². The van der Waals surface area contributed by atoms with Crippen LogP contribution in [0.1, 0.15) is 45.5 Å². The second-order valence-corrected chi connectivity index (χ2v) is 14.1. The van der Waals surface area contributed by atoms with Crippen LogP contribution >= 0.6 is 0 Å². The van der Waals surface area contributed by atoms with Gasteiger partial charge in [-0.25, -0.2) is 4.98 Å². The Balaban J connectivity index is 1.08. The quantitative estimate of drug-likeness (QED) is 0.270. The van der Waals surface area contributed by atoms with Gasteiger partial charge in [-0.15, -0.1) is 0 Å². The summed E-state index contributed by atoms with van der Waals surface area (Å²) in [6, 6.07) is 10.1. The van der Waals surface area contributed by atoms with Crippen LogP contribution in [0.3, 0.4) is 0 Å². The smallest absolute Gasteiger partial charge is 0.262 e. The number of nitrogens with zero attached hydrogens (tertiary/aromatic N) is 6. The molecule has 6 heterocycles. The molecule has 4 aliphatic rings. The van der Waals surface area contributed by atoms with Gasteiger partial charge in [0.25, 0.3) is 17.4 Å². The number of fused-ring (bicyclic) bond motifs is 3. The first-order valence-corrected chi connectivity index (χ1v) is 17.3. The number of hydrogen-bond acceptors (Lipinski definition) is 11. The van der Waals surface area contributed by atoms with Crippen LogP contribution in [0.5, 0.6) is 11.5 Å². The maximum absolute atomic E-state index is 13.5. The number of rotatable bonds is 8. The van der Waals surface area contributed by atoms with Gasteiger partial charge < -0.3 is 23.8 Å². The summed E-state index contributed by atoms with van der Waals surface area (Å²) in [6.07, 6.45) is 4.68. The van der Waals surface area contributed by atoms with E-state index in [1.807, 2.05) is 49.5 Å². The van der Waals surface area contributed by atoms with Crippen LogP contribution < -0.4 is 30.1 Å². The number of benzene rings is 2. The van der Waals surface area contributed by atoms with E-state index in [0.29, 0.717) is 29.3 Å². The highest BCUT2D eigenvalue weighted by Crippen LogP contribution is 2.44. The molecule has 0 saturated carbocycles. The molecular formula is C38H39N7O7. The number of aryl methyl sites for hydroxylation is 1. The molecule has 3 atom stereocenters. The highest BCUT2D eigenvalue weighted by Gasteiger charge is 2.49. The fraction of sp³-hybridized carbons (Fsp3) is 0.368. The van der Waals surface area contributed by atoms with Gasteiger partial charge >= 0.3 is 0 Å². The summed E-state index contributed by atoms with van der Waals surface area (Å²) in [7, 11) is 8.82. The first kappa shape index (κ1) is 33.4. The number of carbonyl (C=O) groups excluding carboxylic acids is 4. The molecule has 3 saturated heterocycles. The molecule has 14 heteroatoms. The number of aromatic nitrogens is 2. The average molecular weight is 706 g/mol. The minimum atomic E-state index is -1.01. The highest BCUT2D eigenvalue weighted by atomic mass is 16.5. The summed E-state index contributed by atoms with van der Waals surface area (Å²) in [5.41, 5.74) is 3.78. The zero-order chi connectivity index (χ0) is 36.6. The molecule has 52 heavy (non-hydrogen) atoms. The number of methoxy groups -OCH3 is 2. The number of amides is 4. The van der Waals surface area contributed by atoms with E-state index in [1.165, 1.54) is 0 Å². The summed E-state index contributed by atoms with van der Waals surface area (Å²) < 4.78 is 13.6. The Kier molecular flexibility index (Phi) is 8.01. The monoisotopic (exact) mass is 705 g/mol. The van der Waals surface area contributed by atoms with Gasteiger partial charge in [-0.3, -0.25) is 39.1 Å². The SMILES string of the molecule is COc1cc(-c2cn(C)c(=O)c3cnc(N(C)C)cc23)cc(OC)c1CN1CCC2CN(c3ccc4c(c3)C(=O)N(C3CCC(=O)NC3=O)C4=O)C21. The van der Waals surface area contributed by atoms with Crippen molar-refractivity contribution in [3.8, 4) is 22.6 Å². The molecule has 2 aromatic heterocycles. The van der Waals surface area contributed by atoms with Crippen LogP contribution in [0, 0.1) is 5.92 Å². The molecule has 14 nitrogen and oxygen atoms in total. The van der Waals surface area contributed by atoms with Crippen molar-refractivity contribution in [2.45, 2.75) is 38.0 Å². The van der Waals surface area contributed by atoms with Crippen LogP contribution in [0.4, 0.5) is 11.5 Å². The second-order valence-electron chi connectivity index (χ2n) is 14.1. The lowest BCUT2D eigenvalue weighted by molar-refractivity contribution is -0.136. The van der Waals surface area contributed by atoms with E-state index < -0.39 is 29.7 Å². The number of piperidine rings is 1. The molecule has 0 aliphatic carbocycles. The number of anilines is 2. The van der Waals surface area contributed by atoms with Crippen molar-refractivity contribution in [3.63, 3.8) is 0 Å². The normalized spacial score (nSPS) is 21.3. The van der Waals surface area contributed by atoms with Gasteiger partial charge in [-0.1, -0.05) is 0 Å². The average Bonchev–Trinajstić information content (AvgIpc) is 3.56. The molecule has 8 rings (SSSR count). The van der Waals surface area contributed by atoms with E-state index in [2.05, 4.69) is 20.1 Å². The standard InChI is InChI=1S/C38H39N7O7/c1-41(2)32-15-24-26(16-39-32)36(48)42(3)18-27(24)21-12-30(51-4)28(31(13-21)52-5)19-43-11-10-20-17-44(35(20)43)22-6-7-23-25(14-22)38(50)45(37(23)49)29-8-9-33(46)40-34(29)47/h6-7,12-16,18,20,29,35H,8-11,17,19H2,1-5H3,(H,40,46,47). The Hall–Kier alpha value is -5.76. The molecule has 0 spiro atoms. The predicted octanol–water partition coefficient (Wildman–Crippen LogP) is 2.75. The number of pyridine rings is 2. The minimum absolute atomic E-state index is 0.0510.